The van der Waals surface area contributed by atoms with Gasteiger partial charge in [-0.05, 0) is 38.3 Å². The summed E-state index contributed by atoms with van der Waals surface area (Å²) >= 11 is 0. The summed E-state index contributed by atoms with van der Waals surface area (Å²) < 4.78 is 38.2. The van der Waals surface area contributed by atoms with E-state index in [1.54, 1.807) is 25.7 Å². The summed E-state index contributed by atoms with van der Waals surface area (Å²) in [5, 5.41) is 3.74. The van der Waals surface area contributed by atoms with Crippen LogP contribution in [0.1, 0.15) is 43.7 Å². The minimum atomic E-state index is -3.71. The fourth-order valence-corrected chi connectivity index (χ4v) is 5.40. The van der Waals surface area contributed by atoms with Crippen LogP contribution in [-0.4, -0.2) is 61.0 Å². The smallest absolute Gasteiger partial charge is 0.263 e. The predicted octanol–water partition coefficient (Wildman–Crippen LogP) is 2.72. The number of sulfonamides is 1. The molecule has 2 aromatic rings. The van der Waals surface area contributed by atoms with Gasteiger partial charge in [0.1, 0.15) is 16.3 Å². The van der Waals surface area contributed by atoms with Crippen molar-refractivity contribution in [3.63, 3.8) is 0 Å². The number of hydrogen-bond acceptors (Lipinski definition) is 6. The molecule has 8 nitrogen and oxygen atoms in total. The Labute approximate surface area is 177 Å². The second kappa shape index (κ2) is 8.77. The molecule has 1 aromatic carbocycles. The van der Waals surface area contributed by atoms with Crippen LogP contribution in [0.4, 0.5) is 0 Å². The first kappa shape index (κ1) is 22.3. The number of aromatic nitrogens is 1. The lowest BCUT2D eigenvalue weighted by molar-refractivity contribution is -0.139. The fourth-order valence-electron chi connectivity index (χ4n) is 3.68. The minimum Gasteiger partial charge on any atom is -0.481 e. The quantitative estimate of drug-likeness (QED) is 0.693. The standard InChI is InChI=1S/C21H29N3O5S/c1-14(2)18-8-6-7-9-19(18)28-17(5)21(25)23-10-12-24(13-11-23)30(26,27)20-15(3)22-29-16(20)4/h6-9,14,17H,10-13H2,1-5H3. The van der Waals surface area contributed by atoms with Gasteiger partial charge in [0.25, 0.3) is 5.91 Å². The van der Waals surface area contributed by atoms with Gasteiger partial charge in [-0.15, -0.1) is 0 Å². The Bertz CT molecular complexity index is 988. The Hall–Kier alpha value is -2.39. The Balaban J connectivity index is 1.64. The van der Waals surface area contributed by atoms with Crippen molar-refractivity contribution >= 4 is 15.9 Å². The molecule has 164 valence electrons. The monoisotopic (exact) mass is 435 g/mol. The first-order chi connectivity index (χ1) is 14.1. The molecule has 1 fully saturated rings. The number of para-hydroxylation sites is 1. The third-order valence-corrected chi connectivity index (χ3v) is 7.45. The molecule has 1 aliphatic rings. The Morgan fingerprint density at radius 2 is 1.73 bits per heavy atom. The highest BCUT2D eigenvalue weighted by atomic mass is 32.2. The Morgan fingerprint density at radius 1 is 1.10 bits per heavy atom. The van der Waals surface area contributed by atoms with Crippen LogP contribution in [0, 0.1) is 13.8 Å². The fraction of sp³-hybridized carbons (Fsp3) is 0.524. The van der Waals surface area contributed by atoms with Crippen LogP contribution in [0.5, 0.6) is 5.75 Å². The number of ether oxygens (including phenoxy) is 1. The average Bonchev–Trinajstić information content (AvgIpc) is 3.06. The van der Waals surface area contributed by atoms with Crippen LogP contribution < -0.4 is 4.74 Å². The zero-order chi connectivity index (χ0) is 22.1. The van der Waals surface area contributed by atoms with E-state index in [2.05, 4.69) is 19.0 Å². The van der Waals surface area contributed by atoms with E-state index < -0.39 is 16.1 Å². The molecule has 0 saturated carbocycles. The molecule has 1 amide bonds. The maximum absolute atomic E-state index is 12.9. The Kier molecular flexibility index (Phi) is 6.52. The number of aryl methyl sites for hydroxylation is 2. The lowest BCUT2D eigenvalue weighted by Gasteiger charge is -2.35. The van der Waals surface area contributed by atoms with Gasteiger partial charge in [-0.25, -0.2) is 8.42 Å². The third-order valence-electron chi connectivity index (χ3n) is 5.31. The van der Waals surface area contributed by atoms with Gasteiger partial charge in [-0.2, -0.15) is 4.31 Å². The molecule has 0 spiro atoms. The van der Waals surface area contributed by atoms with E-state index >= 15 is 0 Å². The average molecular weight is 436 g/mol. The number of rotatable bonds is 6. The van der Waals surface area contributed by atoms with E-state index in [-0.39, 0.29) is 35.6 Å². The summed E-state index contributed by atoms with van der Waals surface area (Å²) in [6.07, 6.45) is -0.657. The summed E-state index contributed by atoms with van der Waals surface area (Å²) in [6.45, 7) is 10.1. The number of carbonyl (C=O) groups is 1. The van der Waals surface area contributed by atoms with Crippen molar-refractivity contribution in [1.82, 2.24) is 14.4 Å². The molecule has 1 atom stereocenters. The zero-order valence-electron chi connectivity index (χ0n) is 18.1. The zero-order valence-corrected chi connectivity index (χ0v) is 18.9. The van der Waals surface area contributed by atoms with Gasteiger partial charge in [0.2, 0.25) is 10.0 Å². The molecule has 0 aliphatic carbocycles. The van der Waals surface area contributed by atoms with Crippen molar-refractivity contribution in [2.24, 2.45) is 0 Å². The van der Waals surface area contributed by atoms with Crippen molar-refractivity contribution < 1.29 is 22.5 Å². The van der Waals surface area contributed by atoms with Crippen LogP contribution in [0.15, 0.2) is 33.7 Å². The highest BCUT2D eigenvalue weighted by molar-refractivity contribution is 7.89. The summed E-state index contributed by atoms with van der Waals surface area (Å²) in [6, 6.07) is 7.70. The minimum absolute atomic E-state index is 0.115. The summed E-state index contributed by atoms with van der Waals surface area (Å²) in [7, 11) is -3.71. The molecule has 0 N–H and O–H groups in total. The molecular weight excluding hydrogens is 406 g/mol. The maximum Gasteiger partial charge on any atom is 0.263 e. The lowest BCUT2D eigenvalue weighted by Crippen LogP contribution is -2.53. The topological polar surface area (TPSA) is 93.0 Å². The third kappa shape index (κ3) is 4.37. The Morgan fingerprint density at radius 3 is 2.30 bits per heavy atom. The van der Waals surface area contributed by atoms with Crippen molar-refractivity contribution in [2.45, 2.75) is 51.5 Å². The molecule has 3 rings (SSSR count). The first-order valence-corrected chi connectivity index (χ1v) is 11.5. The highest BCUT2D eigenvalue weighted by Crippen LogP contribution is 2.27. The molecule has 2 heterocycles. The van der Waals surface area contributed by atoms with E-state index in [0.29, 0.717) is 24.5 Å². The van der Waals surface area contributed by atoms with Gasteiger partial charge < -0.3 is 14.2 Å². The molecule has 0 bridgehead atoms. The number of nitrogens with zero attached hydrogens (tertiary/aromatic N) is 3. The normalized spacial score (nSPS) is 16.7. The van der Waals surface area contributed by atoms with Gasteiger partial charge in [-0.1, -0.05) is 37.2 Å². The highest BCUT2D eigenvalue weighted by Gasteiger charge is 2.35. The summed E-state index contributed by atoms with van der Waals surface area (Å²) in [5.41, 5.74) is 1.39. The van der Waals surface area contributed by atoms with E-state index in [4.69, 9.17) is 9.26 Å². The van der Waals surface area contributed by atoms with Crippen LogP contribution in [0.2, 0.25) is 0 Å². The second-order valence-electron chi connectivity index (χ2n) is 7.84. The van der Waals surface area contributed by atoms with Crippen molar-refractivity contribution in [2.75, 3.05) is 26.2 Å². The van der Waals surface area contributed by atoms with Crippen LogP contribution in [0.3, 0.4) is 0 Å². The van der Waals surface area contributed by atoms with E-state index in [1.807, 2.05) is 24.3 Å². The molecule has 0 radical (unpaired) electrons. The van der Waals surface area contributed by atoms with Gasteiger partial charge in [-0.3, -0.25) is 4.79 Å². The van der Waals surface area contributed by atoms with Crippen molar-refractivity contribution in [3.05, 3.63) is 41.3 Å². The molecule has 1 aliphatic heterocycles. The molecule has 30 heavy (non-hydrogen) atoms. The summed E-state index contributed by atoms with van der Waals surface area (Å²) in [4.78, 5) is 14.7. The first-order valence-electron chi connectivity index (χ1n) is 10.1. The van der Waals surface area contributed by atoms with Gasteiger partial charge in [0, 0.05) is 26.2 Å². The lowest BCUT2D eigenvalue weighted by atomic mass is 10.0. The number of piperazine rings is 1. The van der Waals surface area contributed by atoms with Crippen LogP contribution >= 0.6 is 0 Å². The number of carbonyl (C=O) groups excluding carboxylic acids is 1. The molecule has 1 saturated heterocycles. The number of hydrogen-bond donors (Lipinski definition) is 0. The van der Waals surface area contributed by atoms with E-state index in [0.717, 1.165) is 5.56 Å². The predicted molar refractivity (Wildman–Crippen MR) is 112 cm³/mol. The maximum atomic E-state index is 12.9. The van der Waals surface area contributed by atoms with Gasteiger partial charge >= 0.3 is 0 Å². The van der Waals surface area contributed by atoms with Crippen molar-refractivity contribution in [1.29, 1.82) is 0 Å². The van der Waals surface area contributed by atoms with Crippen molar-refractivity contribution in [3.8, 4) is 5.75 Å². The van der Waals surface area contributed by atoms with Gasteiger partial charge in [0.05, 0.1) is 0 Å². The number of benzene rings is 1. The van der Waals surface area contributed by atoms with Gasteiger partial charge in [0.15, 0.2) is 11.9 Å². The van der Waals surface area contributed by atoms with E-state index in [1.165, 1.54) is 4.31 Å². The SMILES string of the molecule is Cc1noc(C)c1S(=O)(=O)N1CCN(C(=O)C(C)Oc2ccccc2C(C)C)CC1. The second-order valence-corrected chi connectivity index (χ2v) is 9.71. The van der Waals surface area contributed by atoms with E-state index in [9.17, 15) is 13.2 Å². The molecular formula is C21H29N3O5S. The molecule has 9 heteroatoms. The molecule has 1 unspecified atom stereocenters. The summed E-state index contributed by atoms with van der Waals surface area (Å²) in [5.74, 6) is 1.11. The van der Waals surface area contributed by atoms with Crippen LogP contribution in [-0.2, 0) is 14.8 Å². The van der Waals surface area contributed by atoms with Crippen LogP contribution in [0.25, 0.3) is 0 Å². The number of amides is 1. The molecule has 1 aromatic heterocycles. The largest absolute Gasteiger partial charge is 0.481 e.